The lowest BCUT2D eigenvalue weighted by atomic mass is 10.0. The molecule has 0 radical (unpaired) electrons. The minimum atomic E-state index is -0.717. The smallest absolute Gasteiger partial charge is 0.320 e. The zero-order chi connectivity index (χ0) is 48.0. The molecule has 0 bridgehead atoms. The number of hydrogen-bond acceptors (Lipinski definition) is 13. The Morgan fingerprint density at radius 2 is 0.800 bits per heavy atom. The molecule has 1 aliphatic rings. The zero-order valence-corrected chi connectivity index (χ0v) is 41.4. The van der Waals surface area contributed by atoms with Gasteiger partial charge in [-0.15, -0.1) is 0 Å². The van der Waals surface area contributed by atoms with Crippen LogP contribution in [-0.2, 0) is 51.2 Å². The van der Waals surface area contributed by atoms with Gasteiger partial charge in [0.2, 0.25) is 0 Å². The molecule has 0 N–H and O–H groups in total. The lowest BCUT2D eigenvalue weighted by Gasteiger charge is -2.39. The van der Waals surface area contributed by atoms with Gasteiger partial charge >= 0.3 is 23.9 Å². The van der Waals surface area contributed by atoms with E-state index < -0.39 is 28.4 Å². The molecule has 358 valence electrons. The van der Waals surface area contributed by atoms with Crippen molar-refractivity contribution in [1.82, 2.24) is 19.6 Å². The monoisotopic (exact) mass is 900 g/mol. The van der Waals surface area contributed by atoms with Crippen molar-refractivity contribution in [3.63, 3.8) is 0 Å². The highest BCUT2D eigenvalue weighted by Crippen LogP contribution is 2.28. The van der Waals surface area contributed by atoms with E-state index in [1.807, 2.05) is 110 Å². The maximum absolute atomic E-state index is 13.8. The number of esters is 4. The highest BCUT2D eigenvalue weighted by Gasteiger charge is 2.32. The molecule has 0 saturated carbocycles. The van der Waals surface area contributed by atoms with Gasteiger partial charge in [0, 0.05) is 70.6 Å². The van der Waals surface area contributed by atoms with Crippen LogP contribution in [0.3, 0.4) is 0 Å². The summed E-state index contributed by atoms with van der Waals surface area (Å²) in [5, 5.41) is 0. The molecule has 0 aromatic heterocycles. The predicted octanol–water partition coefficient (Wildman–Crippen LogP) is 7.52. The average Bonchev–Trinajstić information content (AvgIpc) is 3.16. The first-order valence-corrected chi connectivity index (χ1v) is 23.0. The maximum Gasteiger partial charge on any atom is 0.320 e. The van der Waals surface area contributed by atoms with Crippen LogP contribution in [0.15, 0.2) is 84.9 Å². The summed E-state index contributed by atoms with van der Waals surface area (Å²) in [6.45, 7) is 26.3. The van der Waals surface area contributed by atoms with Gasteiger partial charge < -0.3 is 23.8 Å². The molecule has 1 aliphatic heterocycles. The van der Waals surface area contributed by atoms with Crippen molar-refractivity contribution in [3.8, 4) is 0 Å². The summed E-state index contributed by atoms with van der Waals surface area (Å²) in [4.78, 5) is 64.7. The molecule has 1 saturated heterocycles. The van der Waals surface area contributed by atoms with Crippen LogP contribution in [0, 0.1) is 0 Å². The minimum absolute atomic E-state index is 0.0145. The highest BCUT2D eigenvalue weighted by atomic mass is 16.6. The Morgan fingerprint density at radius 1 is 0.462 bits per heavy atom. The lowest BCUT2D eigenvalue weighted by Crippen LogP contribution is -2.51. The average molecular weight is 900 g/mol. The lowest BCUT2D eigenvalue weighted by molar-refractivity contribution is -0.160. The first kappa shape index (κ1) is 52.8. The minimum Gasteiger partial charge on any atom is -0.459 e. The molecule has 1 heterocycles. The van der Waals surface area contributed by atoms with E-state index in [0.29, 0.717) is 58.9 Å². The molecule has 0 aliphatic carbocycles. The van der Waals surface area contributed by atoms with Crippen LogP contribution in [0.4, 0.5) is 5.69 Å². The SMILES string of the molecule is CC(C)(C)OC(=O)CN1CCN(CC(=O)OC(C)(C)C)CCN(CC(=O)OC(C)(C)C)C(c2ccc(N(Cc3ccccc3)Cc3ccccc3)cc2)CN(CC(=O)OC(C)(C)C)CC1. The van der Waals surface area contributed by atoms with Gasteiger partial charge in [-0.05, 0) is 112 Å². The normalized spacial score (nSPS) is 17.0. The number of carbonyl (C=O) groups is 4. The van der Waals surface area contributed by atoms with Crippen molar-refractivity contribution in [3.05, 3.63) is 102 Å². The predicted molar refractivity (Wildman–Crippen MR) is 256 cm³/mol. The number of rotatable bonds is 14. The number of benzene rings is 3. The Kier molecular flexibility index (Phi) is 19.2. The Balaban J connectivity index is 1.81. The number of carbonyl (C=O) groups excluding carboxylic acids is 4. The van der Waals surface area contributed by atoms with Crippen LogP contribution >= 0.6 is 0 Å². The molecule has 4 rings (SSSR count). The number of anilines is 1. The van der Waals surface area contributed by atoms with Crippen LogP contribution in [0.1, 0.15) is 106 Å². The third kappa shape index (κ3) is 20.9. The molecular weight excluding hydrogens is 823 g/mol. The Labute approximate surface area is 389 Å². The van der Waals surface area contributed by atoms with Gasteiger partial charge in [0.15, 0.2) is 0 Å². The molecule has 3 aromatic rings. The van der Waals surface area contributed by atoms with E-state index >= 15 is 0 Å². The van der Waals surface area contributed by atoms with Crippen molar-refractivity contribution in [2.24, 2.45) is 0 Å². The molecule has 3 aromatic carbocycles. The summed E-state index contributed by atoms with van der Waals surface area (Å²) in [6, 6.07) is 28.8. The van der Waals surface area contributed by atoms with Gasteiger partial charge in [-0.1, -0.05) is 72.8 Å². The summed E-state index contributed by atoms with van der Waals surface area (Å²) in [5.41, 5.74) is 1.57. The van der Waals surface area contributed by atoms with E-state index in [1.165, 1.54) is 11.1 Å². The van der Waals surface area contributed by atoms with E-state index in [4.69, 9.17) is 18.9 Å². The van der Waals surface area contributed by atoms with Crippen LogP contribution in [0.5, 0.6) is 0 Å². The van der Waals surface area contributed by atoms with Gasteiger partial charge in [-0.2, -0.15) is 0 Å². The second kappa shape index (κ2) is 23.6. The molecule has 1 fully saturated rings. The number of hydrogen-bond donors (Lipinski definition) is 0. The number of ether oxygens (including phenoxy) is 4. The van der Waals surface area contributed by atoms with Gasteiger partial charge in [0.1, 0.15) is 22.4 Å². The quantitative estimate of drug-likeness (QED) is 0.117. The summed E-state index contributed by atoms with van der Waals surface area (Å²) in [5.74, 6) is -1.49. The van der Waals surface area contributed by atoms with Gasteiger partial charge in [-0.25, -0.2) is 0 Å². The Bertz CT molecular complexity index is 1910. The summed E-state index contributed by atoms with van der Waals surface area (Å²) < 4.78 is 23.3. The van der Waals surface area contributed by atoms with E-state index in [9.17, 15) is 19.2 Å². The van der Waals surface area contributed by atoms with Crippen molar-refractivity contribution < 1.29 is 38.1 Å². The van der Waals surface area contributed by atoms with E-state index in [1.54, 1.807) is 0 Å². The Hall–Kier alpha value is -4.82. The summed E-state index contributed by atoms with van der Waals surface area (Å²) in [6.07, 6.45) is 0. The van der Waals surface area contributed by atoms with Crippen molar-refractivity contribution in [1.29, 1.82) is 0 Å². The number of nitrogens with zero attached hydrogens (tertiary/aromatic N) is 5. The van der Waals surface area contributed by atoms with E-state index in [2.05, 4.69) is 82.6 Å². The van der Waals surface area contributed by atoms with Crippen LogP contribution < -0.4 is 4.90 Å². The highest BCUT2D eigenvalue weighted by molar-refractivity contribution is 5.73. The van der Waals surface area contributed by atoms with E-state index in [0.717, 1.165) is 11.3 Å². The Morgan fingerprint density at radius 3 is 1.18 bits per heavy atom. The van der Waals surface area contributed by atoms with Gasteiger partial charge in [0.25, 0.3) is 0 Å². The third-order valence-electron chi connectivity index (χ3n) is 10.2. The maximum atomic E-state index is 13.8. The molecule has 1 atom stereocenters. The van der Waals surface area contributed by atoms with Crippen molar-refractivity contribution >= 4 is 29.6 Å². The molecule has 0 spiro atoms. The van der Waals surface area contributed by atoms with Crippen LogP contribution in [0.2, 0.25) is 0 Å². The van der Waals surface area contributed by atoms with Gasteiger partial charge in [0.05, 0.1) is 26.2 Å². The second-order valence-electron chi connectivity index (χ2n) is 21.0. The molecular formula is C52H77N5O8. The standard InChI is InChI=1S/C52H77N5O8/c1-49(2,3)62-45(58)36-53-27-28-54(37-46(59)63-50(4,5)6)31-32-56(39-48(61)65-52(10,11)12)44(35-55(30-29-53)38-47(60)64-51(7,8)9)42-23-25-43(26-24-42)57(33-40-19-15-13-16-20-40)34-41-21-17-14-18-22-41/h13-26,44H,27-39H2,1-12H3. The summed E-state index contributed by atoms with van der Waals surface area (Å²) in [7, 11) is 0. The third-order valence-corrected chi connectivity index (χ3v) is 10.2. The summed E-state index contributed by atoms with van der Waals surface area (Å²) >= 11 is 0. The van der Waals surface area contributed by atoms with Crippen molar-refractivity contribution in [2.45, 2.75) is 125 Å². The topological polar surface area (TPSA) is 121 Å². The fraction of sp³-hybridized carbons (Fsp3) is 0.577. The van der Waals surface area contributed by atoms with E-state index in [-0.39, 0.29) is 50.1 Å². The fourth-order valence-electron chi connectivity index (χ4n) is 7.59. The van der Waals surface area contributed by atoms with Crippen molar-refractivity contribution in [2.75, 3.05) is 76.9 Å². The zero-order valence-electron chi connectivity index (χ0n) is 41.4. The molecule has 65 heavy (non-hydrogen) atoms. The van der Waals surface area contributed by atoms with Crippen LogP contribution in [-0.4, -0.2) is 138 Å². The van der Waals surface area contributed by atoms with Gasteiger partial charge in [-0.3, -0.25) is 38.8 Å². The molecule has 13 heteroatoms. The fourth-order valence-corrected chi connectivity index (χ4v) is 7.59. The first-order valence-electron chi connectivity index (χ1n) is 23.0. The molecule has 0 amide bonds. The molecule has 13 nitrogen and oxygen atoms in total. The first-order chi connectivity index (χ1) is 30.3. The van der Waals surface area contributed by atoms with Crippen LogP contribution in [0.25, 0.3) is 0 Å². The second-order valence-corrected chi connectivity index (χ2v) is 21.0. The molecule has 1 unspecified atom stereocenters. The largest absolute Gasteiger partial charge is 0.459 e.